The van der Waals surface area contributed by atoms with E-state index in [0.717, 1.165) is 24.7 Å². The fourth-order valence-corrected chi connectivity index (χ4v) is 1.27. The van der Waals surface area contributed by atoms with Gasteiger partial charge in [0.05, 0.1) is 0 Å². The lowest BCUT2D eigenvalue weighted by molar-refractivity contribution is 1.06. The van der Waals surface area contributed by atoms with E-state index in [9.17, 15) is 0 Å². The lowest BCUT2D eigenvalue weighted by atomic mass is 10.5. The van der Waals surface area contributed by atoms with Gasteiger partial charge in [0.25, 0.3) is 0 Å². The van der Waals surface area contributed by atoms with E-state index < -0.39 is 0 Å². The lowest BCUT2D eigenvalue weighted by Gasteiger charge is -2.05. The number of hydrogen-bond acceptors (Lipinski definition) is 2. The second-order valence-corrected chi connectivity index (χ2v) is 3.02. The molecule has 0 aliphatic carbocycles. The molecular formula is C10H14N4. The molecule has 0 atom stereocenters. The highest BCUT2D eigenvalue weighted by Crippen LogP contribution is 2.01. The zero-order valence-electron chi connectivity index (χ0n) is 7.88. The average molecular weight is 190 g/mol. The van der Waals surface area contributed by atoms with Crippen molar-refractivity contribution in [2.75, 3.05) is 23.7 Å². The summed E-state index contributed by atoms with van der Waals surface area (Å²) in [4.78, 5) is 6.17. The third-order valence-corrected chi connectivity index (χ3v) is 1.95. The highest BCUT2D eigenvalue weighted by atomic mass is 15.0. The number of aromatic amines is 2. The SMILES string of the molecule is c1c[nH]c(NCCNc2ccc[nH]2)c1. The van der Waals surface area contributed by atoms with Gasteiger partial charge < -0.3 is 20.6 Å². The Labute approximate surface area is 82.7 Å². The normalized spacial score (nSPS) is 10.0. The monoisotopic (exact) mass is 190 g/mol. The summed E-state index contributed by atoms with van der Waals surface area (Å²) < 4.78 is 0. The van der Waals surface area contributed by atoms with Gasteiger partial charge in [-0.1, -0.05) is 0 Å². The van der Waals surface area contributed by atoms with Crippen LogP contribution in [0.1, 0.15) is 0 Å². The van der Waals surface area contributed by atoms with Crippen LogP contribution in [0.5, 0.6) is 0 Å². The molecule has 4 nitrogen and oxygen atoms in total. The van der Waals surface area contributed by atoms with Crippen molar-refractivity contribution in [3.05, 3.63) is 36.7 Å². The van der Waals surface area contributed by atoms with Gasteiger partial charge in [-0.3, -0.25) is 0 Å². The molecule has 0 amide bonds. The first-order valence-electron chi connectivity index (χ1n) is 4.70. The van der Waals surface area contributed by atoms with Crippen molar-refractivity contribution >= 4 is 11.6 Å². The highest BCUT2D eigenvalue weighted by Gasteiger charge is 1.91. The van der Waals surface area contributed by atoms with Crippen LogP contribution in [0.25, 0.3) is 0 Å². The number of aromatic nitrogens is 2. The first-order valence-corrected chi connectivity index (χ1v) is 4.70. The Bertz CT molecular complexity index is 300. The van der Waals surface area contributed by atoms with Crippen molar-refractivity contribution in [1.82, 2.24) is 9.97 Å². The molecule has 0 aliphatic heterocycles. The molecule has 0 bridgehead atoms. The van der Waals surface area contributed by atoms with Gasteiger partial charge in [-0.25, -0.2) is 0 Å². The Hall–Kier alpha value is -1.84. The molecule has 2 rings (SSSR count). The summed E-state index contributed by atoms with van der Waals surface area (Å²) in [5.74, 6) is 2.11. The van der Waals surface area contributed by atoms with Crippen LogP contribution in [-0.2, 0) is 0 Å². The largest absolute Gasteiger partial charge is 0.370 e. The topological polar surface area (TPSA) is 55.6 Å². The number of H-pyrrole nitrogens is 2. The van der Waals surface area contributed by atoms with E-state index in [2.05, 4.69) is 20.6 Å². The summed E-state index contributed by atoms with van der Waals surface area (Å²) in [6.45, 7) is 1.78. The van der Waals surface area contributed by atoms with Gasteiger partial charge in [0.15, 0.2) is 0 Å². The molecule has 2 aromatic heterocycles. The van der Waals surface area contributed by atoms with Crippen LogP contribution in [0.15, 0.2) is 36.7 Å². The van der Waals surface area contributed by atoms with Crippen molar-refractivity contribution in [3.63, 3.8) is 0 Å². The molecule has 0 aromatic carbocycles. The molecule has 0 saturated heterocycles. The predicted molar refractivity (Wildman–Crippen MR) is 58.6 cm³/mol. The van der Waals surface area contributed by atoms with E-state index in [1.54, 1.807) is 0 Å². The van der Waals surface area contributed by atoms with Gasteiger partial charge in [-0.15, -0.1) is 0 Å². The quantitative estimate of drug-likeness (QED) is 0.544. The molecule has 2 heterocycles. The first kappa shape index (κ1) is 8.74. The van der Waals surface area contributed by atoms with Gasteiger partial charge >= 0.3 is 0 Å². The number of rotatable bonds is 5. The molecule has 0 unspecified atom stereocenters. The molecule has 0 spiro atoms. The van der Waals surface area contributed by atoms with Crippen molar-refractivity contribution in [2.45, 2.75) is 0 Å². The summed E-state index contributed by atoms with van der Waals surface area (Å²) >= 11 is 0. The van der Waals surface area contributed by atoms with Gasteiger partial charge in [-0.2, -0.15) is 0 Å². The molecule has 0 radical (unpaired) electrons. The maximum Gasteiger partial charge on any atom is 0.103 e. The minimum atomic E-state index is 0.888. The molecule has 74 valence electrons. The highest BCUT2D eigenvalue weighted by molar-refractivity contribution is 5.36. The molecule has 4 heteroatoms. The molecule has 0 aliphatic rings. The molecule has 2 aromatic rings. The second-order valence-electron chi connectivity index (χ2n) is 3.02. The third kappa shape index (κ3) is 2.32. The van der Waals surface area contributed by atoms with E-state index in [1.807, 2.05) is 36.7 Å². The van der Waals surface area contributed by atoms with Crippen LogP contribution in [-0.4, -0.2) is 23.1 Å². The smallest absolute Gasteiger partial charge is 0.103 e. The Balaban J connectivity index is 1.65. The van der Waals surface area contributed by atoms with E-state index >= 15 is 0 Å². The molecule has 0 fully saturated rings. The minimum Gasteiger partial charge on any atom is -0.370 e. The van der Waals surface area contributed by atoms with Crippen LogP contribution in [0, 0.1) is 0 Å². The summed E-state index contributed by atoms with van der Waals surface area (Å²) in [5.41, 5.74) is 0. The van der Waals surface area contributed by atoms with Crippen LogP contribution < -0.4 is 10.6 Å². The fraction of sp³-hybridized carbons (Fsp3) is 0.200. The molecule has 14 heavy (non-hydrogen) atoms. The number of hydrogen-bond donors (Lipinski definition) is 4. The standard InChI is InChI=1S/C10H14N4/c1-3-9(11-5-1)13-7-8-14-10-4-2-6-12-10/h1-6,11-14H,7-8H2. The third-order valence-electron chi connectivity index (χ3n) is 1.95. The van der Waals surface area contributed by atoms with Crippen LogP contribution in [0.4, 0.5) is 11.6 Å². The Morgan fingerprint density at radius 3 is 1.71 bits per heavy atom. The maximum atomic E-state index is 3.26. The summed E-state index contributed by atoms with van der Waals surface area (Å²) in [5, 5.41) is 6.51. The molecule has 4 N–H and O–H groups in total. The maximum absolute atomic E-state index is 3.26. The van der Waals surface area contributed by atoms with Crippen molar-refractivity contribution in [2.24, 2.45) is 0 Å². The average Bonchev–Trinajstić information content (AvgIpc) is 2.86. The fourth-order valence-electron chi connectivity index (χ4n) is 1.27. The van der Waals surface area contributed by atoms with E-state index in [-0.39, 0.29) is 0 Å². The van der Waals surface area contributed by atoms with Gasteiger partial charge in [0, 0.05) is 25.5 Å². The Morgan fingerprint density at radius 2 is 1.36 bits per heavy atom. The summed E-state index contributed by atoms with van der Waals surface area (Å²) in [6, 6.07) is 7.96. The van der Waals surface area contributed by atoms with E-state index in [0.29, 0.717) is 0 Å². The van der Waals surface area contributed by atoms with Crippen LogP contribution >= 0.6 is 0 Å². The zero-order chi connectivity index (χ0) is 9.64. The summed E-state index contributed by atoms with van der Waals surface area (Å²) in [6.07, 6.45) is 3.81. The Kier molecular flexibility index (Phi) is 2.76. The van der Waals surface area contributed by atoms with Crippen molar-refractivity contribution in [1.29, 1.82) is 0 Å². The second kappa shape index (κ2) is 4.41. The zero-order valence-corrected chi connectivity index (χ0v) is 7.88. The number of nitrogens with one attached hydrogen (secondary N) is 4. The Morgan fingerprint density at radius 1 is 0.857 bits per heavy atom. The molecule has 0 saturated carbocycles. The van der Waals surface area contributed by atoms with Gasteiger partial charge in [-0.05, 0) is 24.3 Å². The predicted octanol–water partition coefficient (Wildman–Crippen LogP) is 1.87. The van der Waals surface area contributed by atoms with E-state index in [4.69, 9.17) is 0 Å². The summed E-state index contributed by atoms with van der Waals surface area (Å²) in [7, 11) is 0. The lowest BCUT2D eigenvalue weighted by Crippen LogP contribution is -2.13. The van der Waals surface area contributed by atoms with E-state index in [1.165, 1.54) is 0 Å². The van der Waals surface area contributed by atoms with Crippen LogP contribution in [0.3, 0.4) is 0 Å². The first-order chi connectivity index (χ1) is 6.95. The number of anilines is 2. The van der Waals surface area contributed by atoms with Crippen molar-refractivity contribution in [3.8, 4) is 0 Å². The van der Waals surface area contributed by atoms with Crippen LogP contribution in [0.2, 0.25) is 0 Å². The van der Waals surface area contributed by atoms with Crippen molar-refractivity contribution < 1.29 is 0 Å². The molecular weight excluding hydrogens is 176 g/mol. The van der Waals surface area contributed by atoms with Gasteiger partial charge in [0.2, 0.25) is 0 Å². The minimum absolute atomic E-state index is 0.888. The van der Waals surface area contributed by atoms with Gasteiger partial charge in [0.1, 0.15) is 11.6 Å².